The third kappa shape index (κ3) is 6.85. The first kappa shape index (κ1) is 27.9. The molecule has 2 aliphatic rings. The molecule has 10 unspecified atom stereocenters. The Morgan fingerprint density at radius 2 is 1.82 bits per heavy atom. The molecule has 0 aromatic heterocycles. The highest BCUT2D eigenvalue weighted by Crippen LogP contribution is 2.32. The first-order chi connectivity index (χ1) is 15.3. The second-order valence-corrected chi connectivity index (χ2v) is 10.4. The van der Waals surface area contributed by atoms with E-state index in [4.69, 9.17) is 14.2 Å². The molecular formula is C25H43NO7. The summed E-state index contributed by atoms with van der Waals surface area (Å²) in [5.74, 6) is -1.81. The highest BCUT2D eigenvalue weighted by molar-refractivity contribution is 5.91. The van der Waals surface area contributed by atoms with Gasteiger partial charge in [0.15, 0.2) is 12.1 Å². The monoisotopic (exact) mass is 469 g/mol. The van der Waals surface area contributed by atoms with Gasteiger partial charge in [0.05, 0.1) is 18.1 Å². The number of hydrogen-bond acceptors (Lipinski definition) is 8. The van der Waals surface area contributed by atoms with Crippen LogP contribution in [0.15, 0.2) is 12.2 Å². The van der Waals surface area contributed by atoms with Crippen LogP contribution < -0.4 is 0 Å². The zero-order chi connectivity index (χ0) is 25.1. The van der Waals surface area contributed by atoms with E-state index >= 15 is 0 Å². The molecule has 0 bridgehead atoms. The largest absolute Gasteiger partial charge is 0.459 e. The van der Waals surface area contributed by atoms with Crippen LogP contribution in [0.4, 0.5) is 0 Å². The molecule has 0 aromatic rings. The maximum Gasteiger partial charge on any atom is 0.311 e. The van der Waals surface area contributed by atoms with E-state index in [2.05, 4.69) is 0 Å². The molecule has 0 radical (unpaired) electrons. The lowest BCUT2D eigenvalue weighted by atomic mass is 9.84. The maximum atomic E-state index is 13.1. The van der Waals surface area contributed by atoms with Gasteiger partial charge in [-0.05, 0) is 72.2 Å². The summed E-state index contributed by atoms with van der Waals surface area (Å²) in [4.78, 5) is 27.8. The second-order valence-electron chi connectivity index (χ2n) is 10.4. The fourth-order valence-electron chi connectivity index (χ4n) is 4.88. The van der Waals surface area contributed by atoms with E-state index in [1.807, 2.05) is 46.7 Å². The van der Waals surface area contributed by atoms with Crippen molar-refractivity contribution in [1.29, 1.82) is 0 Å². The van der Waals surface area contributed by atoms with Gasteiger partial charge in [0.2, 0.25) is 0 Å². The number of ketones is 1. The van der Waals surface area contributed by atoms with Crippen LogP contribution in [0.3, 0.4) is 0 Å². The van der Waals surface area contributed by atoms with Gasteiger partial charge in [0, 0.05) is 12.0 Å². The number of cyclic esters (lactones) is 1. The number of allylic oxidation sites excluding steroid dienone is 1. The Labute approximate surface area is 198 Å². The molecule has 2 rings (SSSR count). The molecule has 0 aliphatic carbocycles. The van der Waals surface area contributed by atoms with Gasteiger partial charge in [-0.25, -0.2) is 0 Å². The smallest absolute Gasteiger partial charge is 0.311 e. The van der Waals surface area contributed by atoms with Gasteiger partial charge >= 0.3 is 5.97 Å². The Balaban J connectivity index is 2.36. The van der Waals surface area contributed by atoms with Crippen molar-refractivity contribution in [2.75, 3.05) is 14.1 Å². The summed E-state index contributed by atoms with van der Waals surface area (Å²) in [5, 5.41) is 21.8. The molecule has 190 valence electrons. The number of aliphatic hydroxyl groups excluding tert-OH is 1. The minimum atomic E-state index is -1.47. The third-order valence-corrected chi connectivity index (χ3v) is 7.07. The number of carbonyl (C=O) groups is 2. The Morgan fingerprint density at radius 3 is 2.39 bits per heavy atom. The number of esters is 1. The van der Waals surface area contributed by atoms with Gasteiger partial charge in [-0.3, -0.25) is 9.59 Å². The van der Waals surface area contributed by atoms with Crippen LogP contribution in [0.5, 0.6) is 0 Å². The molecule has 8 heteroatoms. The van der Waals surface area contributed by atoms with E-state index in [0.717, 1.165) is 0 Å². The summed E-state index contributed by atoms with van der Waals surface area (Å²) in [7, 11) is 3.80. The molecule has 0 aromatic carbocycles. The topological polar surface area (TPSA) is 106 Å². The van der Waals surface area contributed by atoms with Gasteiger partial charge in [0.1, 0.15) is 17.8 Å². The number of hydrogen-bond donors (Lipinski definition) is 2. The lowest BCUT2D eigenvalue weighted by Crippen LogP contribution is -2.56. The SMILES string of the molecule is CCC1OC(=O)C(C)C(OC2OC(C)CC(N(C)C)C2O)C(C)CC(C)C(=O)/C=C\C1(C)O. The summed E-state index contributed by atoms with van der Waals surface area (Å²) in [6, 6.07) is -0.146. The lowest BCUT2D eigenvalue weighted by molar-refractivity contribution is -0.279. The van der Waals surface area contributed by atoms with Gasteiger partial charge in [-0.2, -0.15) is 0 Å². The van der Waals surface area contributed by atoms with Crippen molar-refractivity contribution in [3.05, 3.63) is 12.2 Å². The number of carbonyl (C=O) groups excluding carboxylic acids is 2. The molecule has 1 fully saturated rings. The van der Waals surface area contributed by atoms with Crippen LogP contribution >= 0.6 is 0 Å². The van der Waals surface area contributed by atoms with E-state index in [1.165, 1.54) is 19.1 Å². The number of aliphatic hydroxyl groups is 2. The van der Waals surface area contributed by atoms with Crippen molar-refractivity contribution in [3.8, 4) is 0 Å². The van der Waals surface area contributed by atoms with Crippen LogP contribution in [0, 0.1) is 17.8 Å². The third-order valence-electron chi connectivity index (χ3n) is 7.07. The number of rotatable bonds is 4. The first-order valence-electron chi connectivity index (χ1n) is 12.1. The van der Waals surface area contributed by atoms with E-state index in [1.54, 1.807) is 6.92 Å². The normalized spacial score (nSPS) is 44.6. The number of ether oxygens (including phenoxy) is 3. The van der Waals surface area contributed by atoms with Crippen molar-refractivity contribution in [2.45, 2.75) is 103 Å². The van der Waals surface area contributed by atoms with Crippen LogP contribution in [0.25, 0.3) is 0 Å². The summed E-state index contributed by atoms with van der Waals surface area (Å²) < 4.78 is 17.9. The van der Waals surface area contributed by atoms with Crippen molar-refractivity contribution >= 4 is 11.8 Å². The van der Waals surface area contributed by atoms with Gasteiger partial charge < -0.3 is 29.3 Å². The van der Waals surface area contributed by atoms with Gasteiger partial charge in [0.25, 0.3) is 0 Å². The van der Waals surface area contributed by atoms with E-state index < -0.39 is 42.1 Å². The minimum Gasteiger partial charge on any atom is -0.459 e. The average molecular weight is 470 g/mol. The molecular weight excluding hydrogens is 426 g/mol. The van der Waals surface area contributed by atoms with Gasteiger partial charge in [-0.15, -0.1) is 0 Å². The van der Waals surface area contributed by atoms with E-state index in [-0.39, 0.29) is 29.8 Å². The fraction of sp³-hybridized carbons (Fsp3) is 0.840. The van der Waals surface area contributed by atoms with Crippen molar-refractivity contribution in [2.24, 2.45) is 17.8 Å². The second kappa shape index (κ2) is 11.4. The Morgan fingerprint density at radius 1 is 1.18 bits per heavy atom. The Kier molecular flexibility index (Phi) is 9.65. The lowest BCUT2D eigenvalue weighted by Gasteiger charge is -2.43. The number of nitrogens with zero attached hydrogens (tertiary/aromatic N) is 1. The molecule has 2 heterocycles. The molecule has 2 N–H and O–H groups in total. The predicted molar refractivity (Wildman–Crippen MR) is 124 cm³/mol. The number of likely N-dealkylation sites (N-methyl/N-ethyl adjacent to an activating group) is 1. The zero-order valence-corrected chi connectivity index (χ0v) is 21.4. The quantitative estimate of drug-likeness (QED) is 0.605. The molecule has 1 saturated heterocycles. The highest BCUT2D eigenvalue weighted by atomic mass is 16.7. The molecule has 0 amide bonds. The van der Waals surface area contributed by atoms with Crippen LogP contribution in [-0.2, 0) is 23.8 Å². The van der Waals surface area contributed by atoms with Crippen molar-refractivity contribution in [1.82, 2.24) is 4.90 Å². The standard InChI is InChI=1S/C25H43NO7/c1-9-20-25(6,30)11-10-19(27)14(2)12-15(3)22(17(5)23(29)32-20)33-24-21(28)18(26(7)8)13-16(4)31-24/h10-11,14-18,20-22,24,28,30H,9,12-13H2,1-8H3/b11-10-. The zero-order valence-electron chi connectivity index (χ0n) is 21.4. The fourth-order valence-corrected chi connectivity index (χ4v) is 4.88. The molecule has 8 nitrogen and oxygen atoms in total. The minimum absolute atomic E-state index is 0.106. The van der Waals surface area contributed by atoms with Crippen molar-refractivity contribution < 1.29 is 34.0 Å². The average Bonchev–Trinajstić information content (AvgIpc) is 2.74. The molecule has 33 heavy (non-hydrogen) atoms. The molecule has 0 spiro atoms. The predicted octanol–water partition coefficient (Wildman–Crippen LogP) is 2.31. The summed E-state index contributed by atoms with van der Waals surface area (Å²) >= 11 is 0. The van der Waals surface area contributed by atoms with Crippen LogP contribution in [0.1, 0.15) is 60.8 Å². The highest BCUT2D eigenvalue weighted by Gasteiger charge is 2.43. The van der Waals surface area contributed by atoms with E-state index in [0.29, 0.717) is 19.3 Å². The summed E-state index contributed by atoms with van der Waals surface area (Å²) in [6.45, 7) is 10.8. The Hall–Kier alpha value is -1.32. The van der Waals surface area contributed by atoms with Crippen LogP contribution in [0.2, 0.25) is 0 Å². The van der Waals surface area contributed by atoms with E-state index in [9.17, 15) is 19.8 Å². The summed E-state index contributed by atoms with van der Waals surface area (Å²) in [5.41, 5.74) is -1.47. The Bertz CT molecular complexity index is 707. The van der Waals surface area contributed by atoms with Gasteiger partial charge in [-0.1, -0.05) is 20.8 Å². The molecule has 10 atom stereocenters. The van der Waals surface area contributed by atoms with Crippen LogP contribution in [-0.4, -0.2) is 83.3 Å². The van der Waals surface area contributed by atoms with Crippen molar-refractivity contribution in [3.63, 3.8) is 0 Å². The first-order valence-corrected chi connectivity index (χ1v) is 12.1. The summed E-state index contributed by atoms with van der Waals surface area (Å²) in [6.07, 6.45) is 0.943. The molecule has 2 aliphatic heterocycles. The maximum absolute atomic E-state index is 13.1. The molecule has 0 saturated carbocycles.